The normalized spacial score (nSPS) is 21.7. The lowest BCUT2D eigenvalue weighted by molar-refractivity contribution is -0.0496. The Bertz CT molecular complexity index is 572. The monoisotopic (exact) mass is 492 g/mol. The van der Waals surface area contributed by atoms with Crippen molar-refractivity contribution in [3.63, 3.8) is 0 Å². The fraction of sp³-hybridized carbons (Fsp3) is 0.778. The van der Waals surface area contributed by atoms with Crippen molar-refractivity contribution in [1.29, 1.82) is 0 Å². The molecule has 0 spiro atoms. The molecule has 3 rings (SSSR count). The minimum absolute atomic E-state index is 0. The summed E-state index contributed by atoms with van der Waals surface area (Å²) in [4.78, 5) is 11.7. The standard InChI is InChI=1S/C18H32N6O2.HI/c1-18(2)15-25-13-11-24(18)6-5-20-17(19-3)23-9-7-22(8-10-23)14-16-4-12-26-21-16;/h4,12H,5-11,13-15H2,1-3H3,(H,19,20);1H. The highest BCUT2D eigenvalue weighted by Crippen LogP contribution is 2.17. The average molecular weight is 492 g/mol. The van der Waals surface area contributed by atoms with Crippen LogP contribution in [0.5, 0.6) is 0 Å². The van der Waals surface area contributed by atoms with E-state index in [1.807, 2.05) is 13.1 Å². The minimum Gasteiger partial charge on any atom is -0.378 e. The van der Waals surface area contributed by atoms with E-state index < -0.39 is 0 Å². The number of aliphatic imine (C=N–C) groups is 1. The fourth-order valence-electron chi connectivity index (χ4n) is 3.61. The van der Waals surface area contributed by atoms with E-state index in [0.717, 1.165) is 77.2 Å². The molecular weight excluding hydrogens is 459 g/mol. The topological polar surface area (TPSA) is 69.4 Å². The Morgan fingerprint density at radius 1 is 1.26 bits per heavy atom. The first-order valence-electron chi connectivity index (χ1n) is 9.48. The molecule has 0 bridgehead atoms. The second kappa shape index (κ2) is 10.6. The molecule has 0 aromatic carbocycles. The van der Waals surface area contributed by atoms with Crippen molar-refractivity contribution in [1.82, 2.24) is 25.2 Å². The van der Waals surface area contributed by atoms with Gasteiger partial charge in [0, 0.05) is 71.0 Å². The van der Waals surface area contributed by atoms with Crippen LogP contribution in [0.3, 0.4) is 0 Å². The first-order valence-corrected chi connectivity index (χ1v) is 9.48. The first kappa shape index (κ1) is 22.4. The van der Waals surface area contributed by atoms with Gasteiger partial charge in [-0.25, -0.2) is 0 Å². The number of halogens is 1. The molecular formula is C18H33IN6O2. The van der Waals surface area contributed by atoms with E-state index in [9.17, 15) is 0 Å². The van der Waals surface area contributed by atoms with Crippen LogP contribution in [0.1, 0.15) is 19.5 Å². The fourth-order valence-corrected chi connectivity index (χ4v) is 3.61. The number of piperazine rings is 1. The SMILES string of the molecule is CN=C(NCCN1CCOCC1(C)C)N1CCN(Cc2ccon2)CC1.I. The van der Waals surface area contributed by atoms with Crippen molar-refractivity contribution < 1.29 is 9.26 Å². The Kier molecular flexibility index (Phi) is 8.77. The number of nitrogens with one attached hydrogen (secondary N) is 1. The van der Waals surface area contributed by atoms with Crippen molar-refractivity contribution in [2.24, 2.45) is 4.99 Å². The van der Waals surface area contributed by atoms with Crippen LogP contribution in [0.4, 0.5) is 0 Å². The molecule has 0 atom stereocenters. The van der Waals surface area contributed by atoms with Crippen LogP contribution >= 0.6 is 24.0 Å². The molecule has 27 heavy (non-hydrogen) atoms. The molecule has 0 amide bonds. The summed E-state index contributed by atoms with van der Waals surface area (Å²) >= 11 is 0. The summed E-state index contributed by atoms with van der Waals surface area (Å²) in [5.41, 5.74) is 1.10. The molecule has 8 nitrogen and oxygen atoms in total. The Hall–Kier alpha value is -0.910. The van der Waals surface area contributed by atoms with Gasteiger partial charge in [-0.05, 0) is 13.8 Å². The van der Waals surface area contributed by atoms with Gasteiger partial charge in [0.25, 0.3) is 0 Å². The number of guanidine groups is 1. The molecule has 0 unspecified atom stereocenters. The number of hydrogen-bond acceptors (Lipinski definition) is 6. The zero-order valence-corrected chi connectivity index (χ0v) is 19.0. The zero-order chi connectivity index (χ0) is 18.4. The van der Waals surface area contributed by atoms with Crippen LogP contribution in [-0.4, -0.2) is 97.4 Å². The molecule has 2 saturated heterocycles. The van der Waals surface area contributed by atoms with Gasteiger partial charge < -0.3 is 19.5 Å². The lowest BCUT2D eigenvalue weighted by Gasteiger charge is -2.42. The number of aromatic nitrogens is 1. The molecule has 3 heterocycles. The van der Waals surface area contributed by atoms with E-state index in [1.165, 1.54) is 0 Å². The van der Waals surface area contributed by atoms with E-state index in [0.29, 0.717) is 0 Å². The van der Waals surface area contributed by atoms with E-state index in [2.05, 4.69) is 44.0 Å². The summed E-state index contributed by atoms with van der Waals surface area (Å²) in [5, 5.41) is 7.53. The molecule has 1 N–H and O–H groups in total. The summed E-state index contributed by atoms with van der Waals surface area (Å²) in [6.45, 7) is 13.8. The van der Waals surface area contributed by atoms with Crippen LogP contribution in [0.25, 0.3) is 0 Å². The molecule has 0 saturated carbocycles. The summed E-state index contributed by atoms with van der Waals surface area (Å²) in [7, 11) is 1.86. The van der Waals surface area contributed by atoms with Gasteiger partial charge >= 0.3 is 0 Å². The van der Waals surface area contributed by atoms with Crippen LogP contribution in [0.15, 0.2) is 21.8 Å². The molecule has 154 valence electrons. The molecule has 9 heteroatoms. The maximum atomic E-state index is 5.60. The van der Waals surface area contributed by atoms with Gasteiger partial charge in [0.05, 0.1) is 18.9 Å². The second-order valence-electron chi connectivity index (χ2n) is 7.58. The molecule has 0 radical (unpaired) electrons. The van der Waals surface area contributed by atoms with Gasteiger partial charge in [0.15, 0.2) is 5.96 Å². The predicted octanol–water partition coefficient (Wildman–Crippen LogP) is 1.10. The smallest absolute Gasteiger partial charge is 0.193 e. The Balaban J connectivity index is 0.00000261. The van der Waals surface area contributed by atoms with E-state index >= 15 is 0 Å². The molecule has 0 aliphatic carbocycles. The predicted molar refractivity (Wildman–Crippen MR) is 117 cm³/mol. The highest BCUT2D eigenvalue weighted by molar-refractivity contribution is 14.0. The molecule has 2 aliphatic rings. The van der Waals surface area contributed by atoms with Crippen molar-refractivity contribution in [3.8, 4) is 0 Å². The van der Waals surface area contributed by atoms with Gasteiger partial charge in [-0.1, -0.05) is 5.16 Å². The molecule has 1 aromatic heterocycles. The Morgan fingerprint density at radius 2 is 2.04 bits per heavy atom. The Labute approximate surface area is 179 Å². The molecule has 1 aromatic rings. The second-order valence-corrected chi connectivity index (χ2v) is 7.58. The van der Waals surface area contributed by atoms with Crippen LogP contribution in [0.2, 0.25) is 0 Å². The third kappa shape index (κ3) is 6.30. The van der Waals surface area contributed by atoms with E-state index in [1.54, 1.807) is 6.26 Å². The summed E-state index contributed by atoms with van der Waals surface area (Å²) in [5.74, 6) is 0.997. The number of ether oxygens (including phenoxy) is 1. The number of rotatable bonds is 5. The lowest BCUT2D eigenvalue weighted by Crippen LogP contribution is -2.56. The van der Waals surface area contributed by atoms with Gasteiger partial charge in [-0.3, -0.25) is 14.8 Å². The van der Waals surface area contributed by atoms with Crippen molar-refractivity contribution >= 4 is 29.9 Å². The molecule has 2 fully saturated rings. The first-order chi connectivity index (χ1) is 12.6. The van der Waals surface area contributed by atoms with E-state index in [4.69, 9.17) is 9.26 Å². The average Bonchev–Trinajstić information content (AvgIpc) is 3.14. The quantitative estimate of drug-likeness (QED) is 0.375. The van der Waals surface area contributed by atoms with Crippen LogP contribution in [0, 0.1) is 0 Å². The summed E-state index contributed by atoms with van der Waals surface area (Å²) in [6, 6.07) is 1.93. The van der Waals surface area contributed by atoms with Crippen molar-refractivity contribution in [2.75, 3.05) is 66.1 Å². The van der Waals surface area contributed by atoms with Gasteiger partial charge in [-0.2, -0.15) is 0 Å². The maximum absolute atomic E-state index is 5.60. The summed E-state index contributed by atoms with van der Waals surface area (Å²) in [6.07, 6.45) is 1.63. The van der Waals surface area contributed by atoms with E-state index in [-0.39, 0.29) is 29.5 Å². The summed E-state index contributed by atoms with van der Waals surface area (Å²) < 4.78 is 10.5. The third-order valence-electron chi connectivity index (χ3n) is 5.24. The van der Waals surface area contributed by atoms with Gasteiger partial charge in [0.2, 0.25) is 0 Å². The van der Waals surface area contributed by atoms with Crippen LogP contribution in [-0.2, 0) is 11.3 Å². The van der Waals surface area contributed by atoms with Gasteiger partial charge in [-0.15, -0.1) is 24.0 Å². The Morgan fingerprint density at radius 3 is 2.67 bits per heavy atom. The van der Waals surface area contributed by atoms with Gasteiger partial charge in [0.1, 0.15) is 6.26 Å². The number of morpholine rings is 1. The highest BCUT2D eigenvalue weighted by atomic mass is 127. The largest absolute Gasteiger partial charge is 0.378 e. The zero-order valence-electron chi connectivity index (χ0n) is 16.7. The third-order valence-corrected chi connectivity index (χ3v) is 5.24. The number of nitrogens with zero attached hydrogens (tertiary/aromatic N) is 5. The lowest BCUT2D eigenvalue weighted by atomic mass is 10.0. The van der Waals surface area contributed by atoms with Crippen LogP contribution < -0.4 is 5.32 Å². The highest BCUT2D eigenvalue weighted by Gasteiger charge is 2.30. The van der Waals surface area contributed by atoms with Crippen molar-refractivity contribution in [3.05, 3.63) is 18.0 Å². The minimum atomic E-state index is 0. The van der Waals surface area contributed by atoms with Crippen molar-refractivity contribution in [2.45, 2.75) is 25.9 Å². The number of hydrogen-bond donors (Lipinski definition) is 1. The maximum Gasteiger partial charge on any atom is 0.193 e. The molecule has 2 aliphatic heterocycles.